The molecule has 0 aliphatic carbocycles. The molecule has 0 radical (unpaired) electrons. The van der Waals surface area contributed by atoms with Crippen LogP contribution in [-0.4, -0.2) is 33.6 Å². The van der Waals surface area contributed by atoms with Crippen molar-refractivity contribution in [1.29, 1.82) is 0 Å². The molecule has 0 saturated carbocycles. The van der Waals surface area contributed by atoms with Crippen LogP contribution in [0.25, 0.3) is 11.0 Å². The quantitative estimate of drug-likeness (QED) is 0.670. The summed E-state index contributed by atoms with van der Waals surface area (Å²) < 4.78 is 41.7. The third kappa shape index (κ3) is 4.21. The molecule has 0 spiro atoms. The van der Waals surface area contributed by atoms with Crippen molar-refractivity contribution in [2.75, 3.05) is 18.4 Å². The van der Waals surface area contributed by atoms with Crippen LogP contribution in [0.4, 0.5) is 23.7 Å². The van der Waals surface area contributed by atoms with E-state index in [1.54, 1.807) is 29.2 Å². The second-order valence-corrected chi connectivity index (χ2v) is 7.26. The molecular weight excluding hydrogens is 381 g/mol. The lowest BCUT2D eigenvalue weighted by Gasteiger charge is -2.32. The molecule has 8 heteroatoms. The first-order valence-electron chi connectivity index (χ1n) is 9.55. The zero-order valence-corrected chi connectivity index (χ0v) is 15.7. The molecular formula is C21H21F3N4O. The molecule has 0 atom stereocenters. The standard InChI is InChI=1S/C21H21F3N4O/c22-21(23,24)19-26-17-8-4-5-9-18(17)28(19)14-15-10-12-27(13-11-15)20(29)25-16-6-2-1-3-7-16/h1-9,15H,10-14H2,(H,25,29). The van der Waals surface area contributed by atoms with Crippen molar-refractivity contribution < 1.29 is 18.0 Å². The number of hydrogen-bond acceptors (Lipinski definition) is 2. The Morgan fingerprint density at radius 3 is 2.38 bits per heavy atom. The molecule has 2 heterocycles. The predicted molar refractivity (Wildman–Crippen MR) is 104 cm³/mol. The van der Waals surface area contributed by atoms with Crippen molar-refractivity contribution in [3.63, 3.8) is 0 Å². The number of likely N-dealkylation sites (tertiary alicyclic amines) is 1. The first-order valence-corrected chi connectivity index (χ1v) is 9.55. The van der Waals surface area contributed by atoms with E-state index in [-0.39, 0.29) is 18.5 Å². The van der Waals surface area contributed by atoms with Crippen LogP contribution in [0.2, 0.25) is 0 Å². The summed E-state index contributed by atoms with van der Waals surface area (Å²) in [7, 11) is 0. The van der Waals surface area contributed by atoms with Gasteiger partial charge in [0.1, 0.15) is 0 Å². The number of carbonyl (C=O) groups excluding carboxylic acids is 1. The average Bonchev–Trinajstić information content (AvgIpc) is 3.08. The Labute approximate surface area is 166 Å². The van der Waals surface area contributed by atoms with Gasteiger partial charge in [-0.2, -0.15) is 13.2 Å². The summed E-state index contributed by atoms with van der Waals surface area (Å²) in [4.78, 5) is 17.9. The topological polar surface area (TPSA) is 50.2 Å². The summed E-state index contributed by atoms with van der Waals surface area (Å²) in [5.74, 6) is -0.808. The normalized spacial score (nSPS) is 15.6. The summed E-state index contributed by atoms with van der Waals surface area (Å²) in [6.45, 7) is 1.26. The fourth-order valence-corrected chi connectivity index (χ4v) is 3.78. The minimum Gasteiger partial charge on any atom is -0.325 e. The number of anilines is 1. The number of benzene rings is 2. The van der Waals surface area contributed by atoms with Crippen LogP contribution in [-0.2, 0) is 12.7 Å². The van der Waals surface area contributed by atoms with E-state index in [1.165, 1.54) is 4.57 Å². The van der Waals surface area contributed by atoms with Gasteiger partial charge in [0.2, 0.25) is 5.82 Å². The molecule has 1 aliphatic rings. The molecule has 5 nitrogen and oxygen atoms in total. The summed E-state index contributed by atoms with van der Waals surface area (Å²) in [6.07, 6.45) is -3.21. The van der Waals surface area contributed by atoms with Gasteiger partial charge in [-0.05, 0) is 43.0 Å². The van der Waals surface area contributed by atoms with E-state index >= 15 is 0 Å². The van der Waals surface area contributed by atoms with Crippen LogP contribution in [0.1, 0.15) is 18.7 Å². The van der Waals surface area contributed by atoms with E-state index in [4.69, 9.17) is 0 Å². The number of halogens is 3. The zero-order chi connectivity index (χ0) is 20.4. The van der Waals surface area contributed by atoms with Gasteiger partial charge >= 0.3 is 12.2 Å². The van der Waals surface area contributed by atoms with Gasteiger partial charge in [0, 0.05) is 25.3 Å². The average molecular weight is 402 g/mol. The van der Waals surface area contributed by atoms with Crippen molar-refractivity contribution in [2.45, 2.75) is 25.6 Å². The van der Waals surface area contributed by atoms with Crippen LogP contribution >= 0.6 is 0 Å². The maximum Gasteiger partial charge on any atom is 0.449 e. The van der Waals surface area contributed by atoms with Crippen LogP contribution in [0.3, 0.4) is 0 Å². The highest BCUT2D eigenvalue weighted by Crippen LogP contribution is 2.33. The molecule has 1 aromatic heterocycles. The Bertz CT molecular complexity index is 992. The van der Waals surface area contributed by atoms with Gasteiger partial charge < -0.3 is 14.8 Å². The van der Waals surface area contributed by atoms with E-state index in [9.17, 15) is 18.0 Å². The molecule has 29 heavy (non-hydrogen) atoms. The van der Waals surface area contributed by atoms with Gasteiger partial charge in [-0.1, -0.05) is 30.3 Å². The second-order valence-electron chi connectivity index (χ2n) is 7.26. The first kappa shape index (κ1) is 19.3. The van der Waals surface area contributed by atoms with E-state index in [2.05, 4.69) is 10.3 Å². The maximum atomic E-state index is 13.5. The highest BCUT2D eigenvalue weighted by Gasteiger charge is 2.38. The van der Waals surface area contributed by atoms with Gasteiger partial charge in [0.05, 0.1) is 11.0 Å². The number of hydrogen-bond donors (Lipinski definition) is 1. The highest BCUT2D eigenvalue weighted by atomic mass is 19.4. The van der Waals surface area contributed by atoms with Crippen molar-refractivity contribution in [3.05, 3.63) is 60.4 Å². The molecule has 3 aromatic rings. The predicted octanol–water partition coefficient (Wildman–Crippen LogP) is 5.00. The third-order valence-corrected chi connectivity index (χ3v) is 5.28. The Balaban J connectivity index is 1.43. The molecule has 0 unspecified atom stereocenters. The lowest BCUT2D eigenvalue weighted by atomic mass is 9.96. The van der Waals surface area contributed by atoms with Crippen LogP contribution in [0.5, 0.6) is 0 Å². The number of nitrogens with one attached hydrogen (secondary N) is 1. The van der Waals surface area contributed by atoms with Gasteiger partial charge in [0.15, 0.2) is 0 Å². The third-order valence-electron chi connectivity index (χ3n) is 5.28. The van der Waals surface area contributed by atoms with Crippen LogP contribution < -0.4 is 5.32 Å². The lowest BCUT2D eigenvalue weighted by molar-refractivity contribution is -0.147. The number of carbonyl (C=O) groups is 1. The molecule has 2 amide bonds. The van der Waals surface area contributed by atoms with E-state index in [0.717, 1.165) is 5.69 Å². The smallest absolute Gasteiger partial charge is 0.325 e. The number of fused-ring (bicyclic) bond motifs is 1. The number of imidazole rings is 1. The molecule has 1 N–H and O–H groups in total. The Morgan fingerprint density at radius 2 is 1.69 bits per heavy atom. The van der Waals surface area contributed by atoms with Crippen molar-refractivity contribution in [2.24, 2.45) is 5.92 Å². The van der Waals surface area contributed by atoms with Crippen molar-refractivity contribution in [3.8, 4) is 0 Å². The van der Waals surface area contributed by atoms with E-state index in [0.29, 0.717) is 37.0 Å². The van der Waals surface area contributed by atoms with Gasteiger partial charge in [0.25, 0.3) is 0 Å². The number of urea groups is 1. The molecule has 1 fully saturated rings. The maximum absolute atomic E-state index is 13.5. The lowest BCUT2D eigenvalue weighted by Crippen LogP contribution is -2.41. The first-order chi connectivity index (χ1) is 13.9. The summed E-state index contributed by atoms with van der Waals surface area (Å²) >= 11 is 0. The van der Waals surface area contributed by atoms with Crippen molar-refractivity contribution >= 4 is 22.8 Å². The molecule has 1 aliphatic heterocycles. The van der Waals surface area contributed by atoms with Gasteiger partial charge in [-0.25, -0.2) is 9.78 Å². The number of alkyl halides is 3. The monoisotopic (exact) mass is 402 g/mol. The van der Waals surface area contributed by atoms with E-state index < -0.39 is 12.0 Å². The highest BCUT2D eigenvalue weighted by molar-refractivity contribution is 5.89. The molecule has 2 aromatic carbocycles. The van der Waals surface area contributed by atoms with Crippen LogP contribution in [0.15, 0.2) is 54.6 Å². The van der Waals surface area contributed by atoms with Crippen LogP contribution in [0, 0.1) is 5.92 Å². The SMILES string of the molecule is O=C(Nc1ccccc1)N1CCC(Cn2c(C(F)(F)F)nc3ccccc32)CC1. The Morgan fingerprint density at radius 1 is 1.03 bits per heavy atom. The van der Waals surface area contributed by atoms with Gasteiger partial charge in [-0.15, -0.1) is 0 Å². The number of para-hydroxylation sites is 3. The fraction of sp³-hybridized carbons (Fsp3) is 0.333. The minimum absolute atomic E-state index is 0.0504. The number of piperidine rings is 1. The number of amides is 2. The van der Waals surface area contributed by atoms with E-state index in [1.807, 2.05) is 30.3 Å². The zero-order valence-electron chi connectivity index (χ0n) is 15.7. The summed E-state index contributed by atoms with van der Waals surface area (Å²) in [5, 5.41) is 2.85. The summed E-state index contributed by atoms with van der Waals surface area (Å²) in [5.41, 5.74) is 1.56. The Kier molecular flexibility index (Phi) is 5.17. The number of rotatable bonds is 3. The molecule has 0 bridgehead atoms. The molecule has 152 valence electrons. The minimum atomic E-state index is -4.50. The largest absolute Gasteiger partial charge is 0.449 e. The Hall–Kier alpha value is -3.03. The summed E-state index contributed by atoms with van der Waals surface area (Å²) in [6, 6.07) is 15.7. The number of nitrogens with zero attached hydrogens (tertiary/aromatic N) is 3. The number of aromatic nitrogens is 2. The second kappa shape index (κ2) is 7.77. The van der Waals surface area contributed by atoms with Crippen molar-refractivity contribution in [1.82, 2.24) is 14.5 Å². The van der Waals surface area contributed by atoms with Gasteiger partial charge in [-0.3, -0.25) is 0 Å². The molecule has 4 rings (SSSR count). The fourth-order valence-electron chi connectivity index (χ4n) is 3.78. The molecule has 1 saturated heterocycles.